The minimum Gasteiger partial charge on any atom is -0.437 e. The molecule has 1 aliphatic carbocycles. The Morgan fingerprint density at radius 1 is 1.36 bits per heavy atom. The molecule has 0 heterocycles. The van der Waals surface area contributed by atoms with Crippen LogP contribution in [0, 0.1) is 0 Å². The lowest BCUT2D eigenvalue weighted by Gasteiger charge is -2.27. The van der Waals surface area contributed by atoms with Crippen LogP contribution in [-0.2, 0) is 0 Å². The molecule has 0 aromatic heterocycles. The summed E-state index contributed by atoms with van der Waals surface area (Å²) in [6, 6.07) is 0.872. The molecule has 0 amide bonds. The highest BCUT2D eigenvalue weighted by Crippen LogP contribution is 2.16. The standard InChI is InChI=1S/C7H17BN2O/c1-8(11)10-7-4-2-6(9)3-5-7/h6-7,10-11H,2-5,9H2,1H3. The van der Waals surface area contributed by atoms with Crippen molar-refractivity contribution in [3.05, 3.63) is 0 Å². The van der Waals surface area contributed by atoms with Crippen LogP contribution in [0.5, 0.6) is 0 Å². The zero-order valence-electron chi connectivity index (χ0n) is 7.09. The van der Waals surface area contributed by atoms with Gasteiger partial charge in [0.2, 0.25) is 0 Å². The maximum Gasteiger partial charge on any atom is 0.373 e. The molecule has 0 saturated heterocycles. The van der Waals surface area contributed by atoms with Crippen molar-refractivity contribution >= 4 is 7.05 Å². The van der Waals surface area contributed by atoms with Gasteiger partial charge in [0.15, 0.2) is 0 Å². The van der Waals surface area contributed by atoms with Crippen molar-refractivity contribution in [3.63, 3.8) is 0 Å². The van der Waals surface area contributed by atoms with E-state index in [2.05, 4.69) is 5.23 Å². The highest BCUT2D eigenvalue weighted by atomic mass is 16.2. The molecule has 1 aliphatic rings. The Labute approximate surface area is 68.5 Å². The van der Waals surface area contributed by atoms with Crippen molar-refractivity contribution < 1.29 is 5.02 Å². The van der Waals surface area contributed by atoms with E-state index in [4.69, 9.17) is 10.8 Å². The summed E-state index contributed by atoms with van der Waals surface area (Å²) in [5, 5.41) is 12.1. The molecule has 1 rings (SSSR count). The quantitative estimate of drug-likeness (QED) is 0.491. The number of nitrogens with one attached hydrogen (secondary N) is 1. The Kier molecular flexibility index (Phi) is 3.36. The van der Waals surface area contributed by atoms with Crippen LogP contribution < -0.4 is 11.0 Å². The van der Waals surface area contributed by atoms with Gasteiger partial charge in [0.1, 0.15) is 0 Å². The summed E-state index contributed by atoms with van der Waals surface area (Å²) >= 11 is 0. The predicted molar refractivity (Wildman–Crippen MR) is 47.2 cm³/mol. The van der Waals surface area contributed by atoms with Gasteiger partial charge in [0.05, 0.1) is 0 Å². The fraction of sp³-hybridized carbons (Fsp3) is 1.00. The minimum atomic E-state index is -0.380. The first-order chi connectivity index (χ1) is 5.18. The molecule has 4 heteroatoms. The van der Waals surface area contributed by atoms with Gasteiger partial charge >= 0.3 is 7.05 Å². The molecule has 4 N–H and O–H groups in total. The molecular formula is C7H17BN2O. The van der Waals surface area contributed by atoms with E-state index in [1.165, 1.54) is 0 Å². The molecular weight excluding hydrogens is 139 g/mol. The van der Waals surface area contributed by atoms with Crippen molar-refractivity contribution in [3.8, 4) is 0 Å². The fourth-order valence-corrected chi connectivity index (χ4v) is 1.63. The summed E-state index contributed by atoms with van der Waals surface area (Å²) in [5.41, 5.74) is 5.74. The van der Waals surface area contributed by atoms with Crippen molar-refractivity contribution in [2.45, 2.75) is 44.6 Å². The van der Waals surface area contributed by atoms with Crippen LogP contribution >= 0.6 is 0 Å². The smallest absolute Gasteiger partial charge is 0.373 e. The largest absolute Gasteiger partial charge is 0.437 e. The van der Waals surface area contributed by atoms with Crippen molar-refractivity contribution in [2.75, 3.05) is 0 Å². The summed E-state index contributed by atoms with van der Waals surface area (Å²) in [6.07, 6.45) is 4.38. The summed E-state index contributed by atoms with van der Waals surface area (Å²) in [5.74, 6) is 0. The molecule has 0 aliphatic heterocycles. The van der Waals surface area contributed by atoms with E-state index in [1.54, 1.807) is 6.82 Å². The first kappa shape index (κ1) is 9.04. The maximum atomic E-state index is 9.03. The van der Waals surface area contributed by atoms with E-state index in [0.29, 0.717) is 12.1 Å². The van der Waals surface area contributed by atoms with Gasteiger partial charge in [-0.15, -0.1) is 0 Å². The van der Waals surface area contributed by atoms with Gasteiger partial charge in [-0.3, -0.25) is 0 Å². The average Bonchev–Trinajstić information content (AvgIpc) is 1.93. The predicted octanol–water partition coefficient (Wildman–Crippen LogP) is -0.0438. The monoisotopic (exact) mass is 156 g/mol. The molecule has 0 bridgehead atoms. The van der Waals surface area contributed by atoms with Gasteiger partial charge < -0.3 is 16.0 Å². The second-order valence-electron chi connectivity index (χ2n) is 3.45. The highest BCUT2D eigenvalue weighted by Gasteiger charge is 2.19. The molecule has 3 nitrogen and oxygen atoms in total. The molecule has 0 spiro atoms. The fourth-order valence-electron chi connectivity index (χ4n) is 1.63. The van der Waals surface area contributed by atoms with Crippen LogP contribution in [0.2, 0.25) is 6.82 Å². The van der Waals surface area contributed by atoms with Crippen molar-refractivity contribution in [1.29, 1.82) is 0 Å². The first-order valence-electron chi connectivity index (χ1n) is 4.38. The molecule has 0 unspecified atom stereocenters. The van der Waals surface area contributed by atoms with Crippen molar-refractivity contribution in [2.24, 2.45) is 5.73 Å². The third kappa shape index (κ3) is 3.23. The molecule has 64 valence electrons. The second-order valence-corrected chi connectivity index (χ2v) is 3.45. The molecule has 0 aromatic rings. The van der Waals surface area contributed by atoms with Gasteiger partial charge in [0.25, 0.3) is 0 Å². The van der Waals surface area contributed by atoms with Crippen molar-refractivity contribution in [1.82, 2.24) is 5.23 Å². The normalized spacial score (nSPS) is 31.9. The van der Waals surface area contributed by atoms with Crippen LogP contribution in [0.3, 0.4) is 0 Å². The van der Waals surface area contributed by atoms with E-state index in [1.807, 2.05) is 0 Å². The van der Waals surface area contributed by atoms with Crippen LogP contribution in [-0.4, -0.2) is 24.2 Å². The van der Waals surface area contributed by atoms with Crippen LogP contribution in [0.1, 0.15) is 25.7 Å². The van der Waals surface area contributed by atoms with Gasteiger partial charge in [-0.2, -0.15) is 0 Å². The van der Waals surface area contributed by atoms with E-state index in [-0.39, 0.29) is 7.05 Å². The lowest BCUT2D eigenvalue weighted by atomic mass is 9.82. The number of rotatable bonds is 2. The third-order valence-electron chi connectivity index (χ3n) is 2.25. The molecule has 11 heavy (non-hydrogen) atoms. The first-order valence-corrected chi connectivity index (χ1v) is 4.38. The average molecular weight is 156 g/mol. The maximum absolute atomic E-state index is 9.03. The summed E-state index contributed by atoms with van der Waals surface area (Å²) < 4.78 is 0. The lowest BCUT2D eigenvalue weighted by molar-refractivity contribution is 0.364. The SMILES string of the molecule is CB(O)NC1CCC(N)CC1. The lowest BCUT2D eigenvalue weighted by Crippen LogP contribution is -2.43. The van der Waals surface area contributed by atoms with E-state index in [9.17, 15) is 0 Å². The summed E-state index contributed by atoms with van der Waals surface area (Å²) in [4.78, 5) is 0. The van der Waals surface area contributed by atoms with Gasteiger partial charge in [0, 0.05) is 6.04 Å². The van der Waals surface area contributed by atoms with Gasteiger partial charge in [-0.25, -0.2) is 0 Å². The number of hydrogen-bond acceptors (Lipinski definition) is 3. The topological polar surface area (TPSA) is 58.3 Å². The minimum absolute atomic E-state index is 0.380. The highest BCUT2D eigenvalue weighted by molar-refractivity contribution is 6.45. The second kappa shape index (κ2) is 4.09. The Morgan fingerprint density at radius 2 is 1.91 bits per heavy atom. The number of hydrogen-bond donors (Lipinski definition) is 3. The van der Waals surface area contributed by atoms with E-state index < -0.39 is 0 Å². The summed E-state index contributed by atoms with van der Waals surface area (Å²) in [7, 11) is -0.380. The molecule has 1 saturated carbocycles. The Hall–Kier alpha value is -0.0551. The van der Waals surface area contributed by atoms with Crippen LogP contribution in [0.25, 0.3) is 0 Å². The molecule has 0 aromatic carbocycles. The van der Waals surface area contributed by atoms with Crippen LogP contribution in [0.15, 0.2) is 0 Å². The zero-order chi connectivity index (χ0) is 8.27. The van der Waals surface area contributed by atoms with Crippen LogP contribution in [0.4, 0.5) is 0 Å². The third-order valence-corrected chi connectivity index (χ3v) is 2.25. The molecule has 1 fully saturated rings. The number of nitrogens with two attached hydrogens (primary N) is 1. The molecule has 0 atom stereocenters. The van der Waals surface area contributed by atoms with Gasteiger partial charge in [-0.05, 0) is 38.5 Å². The Bertz CT molecular complexity index is 113. The van der Waals surface area contributed by atoms with E-state index in [0.717, 1.165) is 25.7 Å². The Balaban J connectivity index is 2.17. The van der Waals surface area contributed by atoms with Gasteiger partial charge in [-0.1, -0.05) is 0 Å². The Morgan fingerprint density at radius 3 is 2.36 bits per heavy atom. The zero-order valence-corrected chi connectivity index (χ0v) is 7.09. The summed E-state index contributed by atoms with van der Waals surface area (Å²) in [6.45, 7) is 1.76. The molecule has 0 radical (unpaired) electrons. The van der Waals surface area contributed by atoms with E-state index >= 15 is 0 Å².